The Kier molecular flexibility index (Phi) is 19.8. The summed E-state index contributed by atoms with van der Waals surface area (Å²) in [6.45, 7) is -4.53. The van der Waals surface area contributed by atoms with E-state index >= 15 is 0 Å². The fourth-order valence-corrected chi connectivity index (χ4v) is 7.14. The molecule has 0 saturated carbocycles. The van der Waals surface area contributed by atoms with Gasteiger partial charge in [-0.05, 0) is 12.8 Å². The zero-order valence-corrected chi connectivity index (χ0v) is 37.7. The van der Waals surface area contributed by atoms with Gasteiger partial charge in [-0.1, -0.05) is 12.8 Å². The molecule has 0 bridgehead atoms. The van der Waals surface area contributed by atoms with Gasteiger partial charge < -0.3 is 0 Å². The smallest absolute Gasteiger partial charge is 0.210 e. The minimum atomic E-state index is -9.89. The average Bonchev–Trinajstić information content (AvgIpc) is 3.24. The van der Waals surface area contributed by atoms with E-state index in [1.807, 2.05) is 0 Å². The van der Waals surface area contributed by atoms with Gasteiger partial charge in [-0.2, -0.15) is 202 Å². The quantitative estimate of drug-likeness (QED) is 0.0577. The van der Waals surface area contributed by atoms with Crippen LogP contribution in [0.5, 0.6) is 0 Å². The lowest BCUT2D eigenvalue weighted by Gasteiger charge is -2.45. The van der Waals surface area contributed by atoms with Gasteiger partial charge in [-0.15, -0.1) is 0 Å². The highest BCUT2D eigenvalue weighted by molar-refractivity contribution is 7.90. The van der Waals surface area contributed by atoms with Crippen LogP contribution < -0.4 is 9.44 Å². The van der Waals surface area contributed by atoms with Crippen LogP contribution in [0.1, 0.15) is 25.7 Å². The van der Waals surface area contributed by atoms with Crippen molar-refractivity contribution < 1.29 is 219 Å². The second kappa shape index (κ2) is 20.6. The Bertz CT molecular complexity index is 2320. The molecule has 0 saturated heterocycles. The molecule has 6 nitrogen and oxygen atoms in total. The standard InChI is InChI=1S/C28H14F46N2O4S2/c29-7(30,9(33,34)13(41,42)17(49,50)21(57,58)25(65,66)67)11(37,38)15(45,46)19(53,54)23(61,62)27(71,72)81(77,78)75-5-3-1-2-4-6-76-82(79,80)28(73,74)24(63,64)20(55,56)16(47,48)12(39,40)8(31,32)10(35,36)14(43,44)18(51,52)22(59,60)26(68,69)70/h75-76H,1-6H2. The number of rotatable bonds is 29. The van der Waals surface area contributed by atoms with Gasteiger partial charge in [0.25, 0.3) is 20.0 Å². The van der Waals surface area contributed by atoms with Gasteiger partial charge in [0.2, 0.25) is 0 Å². The lowest BCUT2D eigenvalue weighted by Crippen LogP contribution is -2.78. The van der Waals surface area contributed by atoms with Crippen LogP contribution in [0.3, 0.4) is 0 Å². The number of hydrogen-bond donors (Lipinski definition) is 2. The maximum atomic E-state index is 14.2. The zero-order valence-electron chi connectivity index (χ0n) is 36.1. The van der Waals surface area contributed by atoms with E-state index in [2.05, 4.69) is 0 Å². The molecule has 0 unspecified atom stereocenters. The van der Waals surface area contributed by atoms with Crippen molar-refractivity contribution in [2.45, 2.75) is 155 Å². The molecule has 0 radical (unpaired) electrons. The summed E-state index contributed by atoms with van der Waals surface area (Å²) in [6, 6.07) is 0. The van der Waals surface area contributed by atoms with Gasteiger partial charge in [-0.25, -0.2) is 26.3 Å². The van der Waals surface area contributed by atoms with E-state index in [4.69, 9.17) is 0 Å². The van der Waals surface area contributed by atoms with Crippen molar-refractivity contribution in [2.24, 2.45) is 0 Å². The third kappa shape index (κ3) is 10.2. The molecule has 0 aliphatic carbocycles. The van der Waals surface area contributed by atoms with Crippen molar-refractivity contribution in [2.75, 3.05) is 13.1 Å². The van der Waals surface area contributed by atoms with Gasteiger partial charge in [0.1, 0.15) is 0 Å². The highest BCUT2D eigenvalue weighted by Crippen LogP contribution is 2.70. The molecule has 0 amide bonds. The lowest BCUT2D eigenvalue weighted by molar-refractivity contribution is -0.476. The van der Waals surface area contributed by atoms with Gasteiger partial charge in [0.05, 0.1) is 0 Å². The van der Waals surface area contributed by atoms with Crippen molar-refractivity contribution in [1.82, 2.24) is 9.44 Å². The van der Waals surface area contributed by atoms with Crippen molar-refractivity contribution in [3.63, 3.8) is 0 Å². The summed E-state index contributed by atoms with van der Waals surface area (Å²) in [4.78, 5) is 0. The van der Waals surface area contributed by atoms with E-state index in [9.17, 15) is 219 Å². The highest BCUT2D eigenvalue weighted by Gasteiger charge is 3.01. The summed E-state index contributed by atoms with van der Waals surface area (Å²) in [7, 11) is -16.4. The summed E-state index contributed by atoms with van der Waals surface area (Å²) < 4.78 is 672. The molecule has 54 heteroatoms. The summed E-state index contributed by atoms with van der Waals surface area (Å²) >= 11 is 0. The van der Waals surface area contributed by atoms with Crippen LogP contribution in [0, 0.1) is 0 Å². The van der Waals surface area contributed by atoms with E-state index in [1.165, 1.54) is 0 Å². The third-order valence-corrected chi connectivity index (χ3v) is 13.1. The topological polar surface area (TPSA) is 92.3 Å². The Morgan fingerprint density at radius 1 is 0.183 bits per heavy atom. The molecule has 0 aromatic rings. The molecular formula is C28H14F46N2O4S2. The van der Waals surface area contributed by atoms with E-state index < -0.39 is 188 Å². The number of alkyl halides is 46. The van der Waals surface area contributed by atoms with Crippen LogP contribution in [-0.4, -0.2) is 159 Å². The molecule has 0 aromatic heterocycles. The van der Waals surface area contributed by atoms with Gasteiger partial charge in [0.15, 0.2) is 0 Å². The maximum absolute atomic E-state index is 14.2. The molecular weight excluding hydrogens is 1370 g/mol. The minimum Gasteiger partial charge on any atom is -0.210 e. The predicted octanol–water partition coefficient (Wildman–Crippen LogP) is 14.1. The molecule has 0 rings (SSSR count). The van der Waals surface area contributed by atoms with Crippen LogP contribution in [0.4, 0.5) is 202 Å². The van der Waals surface area contributed by atoms with Crippen LogP contribution in [0.2, 0.25) is 0 Å². The summed E-state index contributed by atoms with van der Waals surface area (Å²) in [5.41, 5.74) is 0. The Morgan fingerprint density at radius 2 is 0.305 bits per heavy atom. The number of hydrogen-bond acceptors (Lipinski definition) is 4. The van der Waals surface area contributed by atoms with Gasteiger partial charge in [-0.3, -0.25) is 0 Å². The first-order valence-electron chi connectivity index (χ1n) is 18.4. The number of unbranched alkanes of at least 4 members (excludes halogenated alkanes) is 3. The minimum absolute atomic E-state index is 0.131. The van der Waals surface area contributed by atoms with Crippen molar-refractivity contribution in [3.8, 4) is 0 Å². The Balaban J connectivity index is 6.54. The Labute approximate surface area is 417 Å². The fourth-order valence-electron chi connectivity index (χ4n) is 5.02. The van der Waals surface area contributed by atoms with Crippen molar-refractivity contribution >= 4 is 20.0 Å². The molecule has 0 heterocycles. The van der Waals surface area contributed by atoms with Crippen LogP contribution in [-0.2, 0) is 20.0 Å². The fraction of sp³-hybridized carbons (Fsp3) is 1.00. The molecule has 0 fully saturated rings. The Hall–Kier alpha value is -3.40. The van der Waals surface area contributed by atoms with Crippen LogP contribution in [0.15, 0.2) is 0 Å². The van der Waals surface area contributed by atoms with Gasteiger partial charge in [0, 0.05) is 13.1 Å². The monoisotopic (exact) mass is 1380 g/mol. The van der Waals surface area contributed by atoms with E-state index in [0.29, 0.717) is 0 Å². The largest absolute Gasteiger partial charge is 0.460 e. The molecule has 494 valence electrons. The molecule has 0 aliphatic heterocycles. The van der Waals surface area contributed by atoms with E-state index in [1.54, 1.807) is 0 Å². The number of nitrogens with one attached hydrogen (secondary N) is 2. The summed E-state index contributed by atoms with van der Waals surface area (Å²) in [6.07, 6.45) is -22.7. The third-order valence-electron chi connectivity index (χ3n) is 10.1. The summed E-state index contributed by atoms with van der Waals surface area (Å²) in [5, 5.41) is -16.8. The van der Waals surface area contributed by atoms with E-state index in [0.717, 1.165) is 0 Å². The molecule has 0 aromatic carbocycles. The highest BCUT2D eigenvalue weighted by atomic mass is 32.2. The molecule has 0 aliphatic rings. The molecule has 82 heavy (non-hydrogen) atoms. The van der Waals surface area contributed by atoms with Gasteiger partial charge >= 0.3 is 129 Å². The normalized spacial score (nSPS) is 17.0. The van der Waals surface area contributed by atoms with Crippen LogP contribution >= 0.6 is 0 Å². The first-order valence-corrected chi connectivity index (χ1v) is 21.3. The number of halogens is 46. The molecule has 0 spiro atoms. The molecule has 0 atom stereocenters. The average molecular weight is 1380 g/mol. The van der Waals surface area contributed by atoms with Crippen molar-refractivity contribution in [3.05, 3.63) is 0 Å². The summed E-state index contributed by atoms with van der Waals surface area (Å²) in [5.74, 6) is -172. The Morgan fingerprint density at radius 3 is 0.439 bits per heavy atom. The lowest BCUT2D eigenvalue weighted by atomic mass is 9.86. The maximum Gasteiger partial charge on any atom is 0.460 e. The van der Waals surface area contributed by atoms with Crippen LogP contribution in [0.25, 0.3) is 0 Å². The SMILES string of the molecule is O=S(=O)(NCCCCCCNS(=O)(=O)C(F)(F)C(F)(F)C(F)(F)C(F)(F)C(F)(F)C(F)(F)C(F)(F)C(F)(F)C(F)(F)C(F)(F)C(F)(F)F)C(F)(F)C(F)(F)C(F)(F)C(F)(F)C(F)(F)C(F)(F)C(F)(F)C(F)(F)C(F)(F)C(F)(F)C(F)(F)F. The second-order valence-electron chi connectivity index (χ2n) is 15.6. The van der Waals surface area contributed by atoms with Crippen molar-refractivity contribution in [1.29, 1.82) is 0 Å². The second-order valence-corrected chi connectivity index (χ2v) is 19.2. The molecule has 2 N–H and O–H groups in total. The number of sulfonamides is 2. The first kappa shape index (κ1) is 78.6. The van der Waals surface area contributed by atoms with E-state index in [-0.39, 0.29) is 9.44 Å². The zero-order chi connectivity index (χ0) is 67.7. The first-order chi connectivity index (χ1) is 34.7. The predicted molar refractivity (Wildman–Crippen MR) is 163 cm³/mol.